The highest BCUT2D eigenvalue weighted by atomic mass is 32.2. The number of rotatable bonds is 3. The summed E-state index contributed by atoms with van der Waals surface area (Å²) in [5.74, 6) is 0.498. The fraction of sp³-hybridized carbons (Fsp3) is 0.545. The summed E-state index contributed by atoms with van der Waals surface area (Å²) < 4.78 is 1.91. The van der Waals surface area contributed by atoms with E-state index >= 15 is 0 Å². The maximum absolute atomic E-state index is 5.79. The normalized spacial score (nSPS) is 16.1. The van der Waals surface area contributed by atoms with Gasteiger partial charge in [-0.15, -0.1) is 5.10 Å². The van der Waals surface area contributed by atoms with Crippen molar-refractivity contribution in [2.75, 3.05) is 5.73 Å². The number of nitrogens with two attached hydrogens (primary N) is 1. The van der Waals surface area contributed by atoms with Crippen molar-refractivity contribution in [3.63, 3.8) is 0 Å². The van der Waals surface area contributed by atoms with Crippen LogP contribution in [0, 0.1) is 6.92 Å². The lowest BCUT2D eigenvalue weighted by molar-refractivity contribution is 0.423. The molecule has 0 unspecified atom stereocenters. The number of nitrogens with zero attached hydrogens (tertiary/aromatic N) is 6. The molecule has 0 bridgehead atoms. The maximum Gasteiger partial charge on any atom is 0.215 e. The molecule has 1 fully saturated rings. The van der Waals surface area contributed by atoms with Gasteiger partial charge in [0.15, 0.2) is 0 Å². The largest absolute Gasteiger partial charge is 0.383 e. The second-order valence-electron chi connectivity index (χ2n) is 4.64. The van der Waals surface area contributed by atoms with E-state index in [1.54, 1.807) is 0 Å². The summed E-state index contributed by atoms with van der Waals surface area (Å²) >= 11 is 1.44. The second kappa shape index (κ2) is 5.12. The van der Waals surface area contributed by atoms with Crippen molar-refractivity contribution < 1.29 is 0 Å². The predicted octanol–water partition coefficient (Wildman–Crippen LogP) is 1.62. The Morgan fingerprint density at radius 1 is 1.32 bits per heavy atom. The molecule has 1 aliphatic carbocycles. The van der Waals surface area contributed by atoms with E-state index in [1.165, 1.54) is 30.9 Å². The average Bonchev–Trinajstić information content (AvgIpc) is 3.05. The van der Waals surface area contributed by atoms with E-state index in [1.807, 2.05) is 11.6 Å². The number of hydrogen-bond acceptors (Lipinski definition) is 7. The first-order valence-electron chi connectivity index (χ1n) is 6.28. The summed E-state index contributed by atoms with van der Waals surface area (Å²) in [6.07, 6.45) is 6.24. The Morgan fingerprint density at radius 2 is 2.11 bits per heavy atom. The lowest BCUT2D eigenvalue weighted by Crippen LogP contribution is -2.08. The minimum atomic E-state index is 0.414. The van der Waals surface area contributed by atoms with Crippen LogP contribution in [0.25, 0.3) is 0 Å². The van der Waals surface area contributed by atoms with Gasteiger partial charge >= 0.3 is 0 Å². The van der Waals surface area contributed by atoms with Crippen LogP contribution in [0.1, 0.15) is 37.3 Å². The van der Waals surface area contributed by atoms with Crippen LogP contribution in [-0.2, 0) is 0 Å². The van der Waals surface area contributed by atoms with Gasteiger partial charge in [0.25, 0.3) is 0 Å². The molecule has 2 aromatic rings. The lowest BCUT2D eigenvalue weighted by atomic mass is 10.3. The summed E-state index contributed by atoms with van der Waals surface area (Å²) in [5.41, 5.74) is 6.66. The minimum Gasteiger partial charge on any atom is -0.383 e. The smallest absolute Gasteiger partial charge is 0.215 e. The molecule has 2 N–H and O–H groups in total. The first-order chi connectivity index (χ1) is 9.25. The van der Waals surface area contributed by atoms with Crippen molar-refractivity contribution in [3.05, 3.63) is 11.9 Å². The van der Waals surface area contributed by atoms with Crippen molar-refractivity contribution in [3.8, 4) is 0 Å². The number of nitrogen functional groups attached to an aromatic ring is 1. The molecule has 0 saturated heterocycles. The van der Waals surface area contributed by atoms with Crippen LogP contribution in [0.5, 0.6) is 0 Å². The summed E-state index contributed by atoms with van der Waals surface area (Å²) in [6.45, 7) is 1.90. The Kier molecular flexibility index (Phi) is 3.33. The summed E-state index contributed by atoms with van der Waals surface area (Å²) in [7, 11) is 0. The van der Waals surface area contributed by atoms with Gasteiger partial charge in [-0.1, -0.05) is 12.8 Å². The zero-order valence-electron chi connectivity index (χ0n) is 10.7. The highest BCUT2D eigenvalue weighted by Crippen LogP contribution is 2.34. The van der Waals surface area contributed by atoms with E-state index in [9.17, 15) is 0 Å². The van der Waals surface area contributed by atoms with Crippen LogP contribution in [0.2, 0.25) is 0 Å². The summed E-state index contributed by atoms with van der Waals surface area (Å²) in [6, 6.07) is 0.414. The Bertz CT molecular complexity index is 576. The molecule has 8 heteroatoms. The molecular weight excluding hydrogens is 262 g/mol. The molecule has 1 saturated carbocycles. The molecule has 0 aromatic carbocycles. The molecule has 2 heterocycles. The van der Waals surface area contributed by atoms with Crippen LogP contribution in [0.4, 0.5) is 5.82 Å². The van der Waals surface area contributed by atoms with E-state index in [0.717, 1.165) is 28.6 Å². The highest BCUT2D eigenvalue weighted by Gasteiger charge is 2.22. The third-order valence-corrected chi connectivity index (χ3v) is 4.45. The molecular formula is C11H15N7S. The molecule has 0 spiro atoms. The van der Waals surface area contributed by atoms with Gasteiger partial charge in [0, 0.05) is 5.56 Å². The zero-order chi connectivity index (χ0) is 13.2. The van der Waals surface area contributed by atoms with E-state index in [2.05, 4.69) is 25.5 Å². The Hall–Kier alpha value is -1.70. The molecule has 0 aliphatic heterocycles. The van der Waals surface area contributed by atoms with Gasteiger partial charge < -0.3 is 5.73 Å². The van der Waals surface area contributed by atoms with Crippen molar-refractivity contribution in [2.24, 2.45) is 0 Å². The van der Waals surface area contributed by atoms with Crippen LogP contribution >= 0.6 is 11.8 Å². The third kappa shape index (κ3) is 2.40. The van der Waals surface area contributed by atoms with Crippen LogP contribution in [-0.4, -0.2) is 30.2 Å². The second-order valence-corrected chi connectivity index (χ2v) is 5.59. The van der Waals surface area contributed by atoms with E-state index in [0.29, 0.717) is 11.9 Å². The van der Waals surface area contributed by atoms with Crippen LogP contribution in [0.15, 0.2) is 16.5 Å². The average molecular weight is 277 g/mol. The number of tetrazole rings is 1. The monoisotopic (exact) mass is 277 g/mol. The fourth-order valence-electron chi connectivity index (χ4n) is 2.27. The number of anilines is 1. The van der Waals surface area contributed by atoms with Crippen molar-refractivity contribution in [1.82, 2.24) is 30.2 Å². The van der Waals surface area contributed by atoms with Crippen molar-refractivity contribution >= 4 is 17.6 Å². The maximum atomic E-state index is 5.79. The molecule has 3 rings (SSSR count). The van der Waals surface area contributed by atoms with Crippen LogP contribution in [0.3, 0.4) is 0 Å². The SMILES string of the molecule is Cc1c(N)ncnc1Sc1nnnn1C1CCCC1. The molecule has 0 radical (unpaired) electrons. The molecule has 2 aromatic heterocycles. The first kappa shape index (κ1) is 12.3. The Balaban J connectivity index is 1.87. The van der Waals surface area contributed by atoms with Gasteiger partial charge in [-0.05, 0) is 42.0 Å². The fourth-order valence-corrected chi connectivity index (χ4v) is 3.15. The van der Waals surface area contributed by atoms with E-state index in [4.69, 9.17) is 5.73 Å². The molecule has 0 atom stereocenters. The highest BCUT2D eigenvalue weighted by molar-refractivity contribution is 7.99. The molecule has 0 amide bonds. The van der Waals surface area contributed by atoms with Crippen molar-refractivity contribution in [2.45, 2.75) is 48.8 Å². The number of aromatic nitrogens is 6. The quantitative estimate of drug-likeness (QED) is 0.851. The number of hydrogen-bond donors (Lipinski definition) is 1. The Labute approximate surface area is 115 Å². The standard InChI is InChI=1S/C11H15N7S/c1-7-9(12)13-6-14-10(7)19-11-15-16-17-18(11)8-4-2-3-5-8/h6,8H,2-5H2,1H3,(H2,12,13,14). The summed E-state index contributed by atoms with van der Waals surface area (Å²) in [4.78, 5) is 8.21. The minimum absolute atomic E-state index is 0.414. The lowest BCUT2D eigenvalue weighted by Gasteiger charge is -2.11. The summed E-state index contributed by atoms with van der Waals surface area (Å²) in [5, 5.41) is 13.6. The van der Waals surface area contributed by atoms with Gasteiger partial charge in [0.1, 0.15) is 17.2 Å². The van der Waals surface area contributed by atoms with Gasteiger partial charge in [0.05, 0.1) is 6.04 Å². The van der Waals surface area contributed by atoms with E-state index in [-0.39, 0.29) is 0 Å². The van der Waals surface area contributed by atoms with Gasteiger partial charge in [-0.25, -0.2) is 14.6 Å². The van der Waals surface area contributed by atoms with Crippen molar-refractivity contribution in [1.29, 1.82) is 0 Å². The van der Waals surface area contributed by atoms with Gasteiger partial charge in [-0.3, -0.25) is 0 Å². The van der Waals surface area contributed by atoms with Crippen LogP contribution < -0.4 is 5.73 Å². The topological polar surface area (TPSA) is 95.4 Å². The third-order valence-electron chi connectivity index (χ3n) is 3.40. The molecule has 100 valence electrons. The molecule has 19 heavy (non-hydrogen) atoms. The van der Waals surface area contributed by atoms with Gasteiger partial charge in [-0.2, -0.15) is 0 Å². The predicted molar refractivity (Wildman–Crippen MR) is 70.6 cm³/mol. The van der Waals surface area contributed by atoms with E-state index < -0.39 is 0 Å². The van der Waals surface area contributed by atoms with Gasteiger partial charge in [0.2, 0.25) is 5.16 Å². The molecule has 7 nitrogen and oxygen atoms in total. The first-order valence-corrected chi connectivity index (χ1v) is 7.10. The zero-order valence-corrected chi connectivity index (χ0v) is 11.5. The molecule has 1 aliphatic rings. The Morgan fingerprint density at radius 3 is 2.89 bits per heavy atom.